The lowest BCUT2D eigenvalue weighted by molar-refractivity contribution is -0.140. The number of hydrogen-bond acceptors (Lipinski definition) is 7. The van der Waals surface area contributed by atoms with Gasteiger partial charge in [-0.3, -0.25) is 9.59 Å². The van der Waals surface area contributed by atoms with Crippen LogP contribution in [0.25, 0.3) is 5.76 Å². The Balaban J connectivity index is 2.13. The second-order valence-electron chi connectivity index (χ2n) is 7.23. The van der Waals surface area contributed by atoms with Crippen LogP contribution >= 0.6 is 0 Å². The SMILES string of the molecule is CCOc1cc([C@@H]2C(=C(O)c3ccc(OC)cc3)C(=O)C(=O)N2CCCOC)ccc1O. The summed E-state index contributed by atoms with van der Waals surface area (Å²) in [5.41, 5.74) is 0.901. The molecule has 0 saturated carbocycles. The summed E-state index contributed by atoms with van der Waals surface area (Å²) in [4.78, 5) is 27.3. The van der Waals surface area contributed by atoms with E-state index in [4.69, 9.17) is 14.2 Å². The molecule has 1 aliphatic heterocycles. The molecular weight excluding hydrogens is 414 g/mol. The van der Waals surface area contributed by atoms with E-state index in [1.165, 1.54) is 18.1 Å². The second-order valence-corrected chi connectivity index (χ2v) is 7.23. The van der Waals surface area contributed by atoms with Crippen LogP contribution in [0.15, 0.2) is 48.0 Å². The van der Waals surface area contributed by atoms with Crippen molar-refractivity contribution in [2.75, 3.05) is 34.0 Å². The molecule has 32 heavy (non-hydrogen) atoms. The molecule has 1 aliphatic rings. The van der Waals surface area contributed by atoms with Crippen LogP contribution < -0.4 is 9.47 Å². The Hall–Kier alpha value is -3.52. The van der Waals surface area contributed by atoms with Gasteiger partial charge in [-0.2, -0.15) is 0 Å². The first kappa shape index (κ1) is 23.1. The van der Waals surface area contributed by atoms with Crippen molar-refractivity contribution in [2.45, 2.75) is 19.4 Å². The van der Waals surface area contributed by atoms with Crippen LogP contribution in [0.5, 0.6) is 17.2 Å². The minimum Gasteiger partial charge on any atom is -0.507 e. The number of carbonyl (C=O) groups excluding carboxylic acids is 2. The third-order valence-electron chi connectivity index (χ3n) is 5.25. The summed E-state index contributed by atoms with van der Waals surface area (Å²) in [5, 5.41) is 21.1. The van der Waals surface area contributed by atoms with Crippen LogP contribution in [0.3, 0.4) is 0 Å². The molecular formula is C24H27NO7. The molecule has 8 nitrogen and oxygen atoms in total. The molecule has 1 fully saturated rings. The van der Waals surface area contributed by atoms with Crippen LogP contribution in [0.1, 0.15) is 30.5 Å². The van der Waals surface area contributed by atoms with Gasteiger partial charge in [-0.05, 0) is 55.3 Å². The second kappa shape index (κ2) is 10.2. The van der Waals surface area contributed by atoms with Crippen molar-refractivity contribution in [3.8, 4) is 17.2 Å². The number of methoxy groups -OCH3 is 2. The maximum atomic E-state index is 13.0. The summed E-state index contributed by atoms with van der Waals surface area (Å²) in [6, 6.07) is 10.4. The minimum atomic E-state index is -0.839. The number of phenolic OH excluding ortho intramolecular Hbond substituents is 1. The van der Waals surface area contributed by atoms with Gasteiger partial charge in [0, 0.05) is 25.8 Å². The maximum absolute atomic E-state index is 13.0. The molecule has 2 aromatic rings. The maximum Gasteiger partial charge on any atom is 0.295 e. The number of ketones is 1. The van der Waals surface area contributed by atoms with Gasteiger partial charge in [0.1, 0.15) is 11.5 Å². The number of amides is 1. The van der Waals surface area contributed by atoms with Crippen LogP contribution in [-0.2, 0) is 14.3 Å². The molecule has 1 saturated heterocycles. The molecule has 2 aromatic carbocycles. The van der Waals surface area contributed by atoms with Gasteiger partial charge in [-0.25, -0.2) is 0 Å². The van der Waals surface area contributed by atoms with E-state index < -0.39 is 17.7 Å². The summed E-state index contributed by atoms with van der Waals surface area (Å²) < 4.78 is 15.7. The highest BCUT2D eigenvalue weighted by Gasteiger charge is 2.46. The Morgan fingerprint density at radius 1 is 1.09 bits per heavy atom. The highest BCUT2D eigenvalue weighted by Crippen LogP contribution is 2.42. The number of aliphatic hydroxyl groups excluding tert-OH is 1. The van der Waals surface area contributed by atoms with Crippen molar-refractivity contribution in [3.63, 3.8) is 0 Å². The first-order chi connectivity index (χ1) is 15.4. The first-order valence-corrected chi connectivity index (χ1v) is 10.3. The van der Waals surface area contributed by atoms with Crippen molar-refractivity contribution in [1.82, 2.24) is 4.90 Å². The number of benzene rings is 2. The summed E-state index contributed by atoms with van der Waals surface area (Å²) in [7, 11) is 3.09. The predicted molar refractivity (Wildman–Crippen MR) is 118 cm³/mol. The minimum absolute atomic E-state index is 0.0225. The zero-order valence-electron chi connectivity index (χ0n) is 18.3. The molecule has 0 aromatic heterocycles. The number of rotatable bonds is 9. The van der Waals surface area contributed by atoms with E-state index >= 15 is 0 Å². The van der Waals surface area contributed by atoms with Gasteiger partial charge in [0.05, 0.1) is 25.3 Å². The number of Topliss-reactive ketones (excluding diaryl/α,β-unsaturated/α-hetero) is 1. The highest BCUT2D eigenvalue weighted by molar-refractivity contribution is 6.46. The van der Waals surface area contributed by atoms with Gasteiger partial charge in [-0.15, -0.1) is 0 Å². The fourth-order valence-electron chi connectivity index (χ4n) is 3.71. The lowest BCUT2D eigenvalue weighted by Crippen LogP contribution is -2.31. The standard InChI is InChI=1S/C24H27NO7/c1-4-32-19-14-16(8-11-18(19)26)21-20(22(27)15-6-9-17(31-3)10-7-15)23(28)24(29)25(21)12-5-13-30-2/h6-11,14,21,26-27H,4-5,12-13H2,1-3H3/t21-/m1/s1. The van der Waals surface area contributed by atoms with Gasteiger partial charge in [0.25, 0.3) is 11.7 Å². The monoisotopic (exact) mass is 441 g/mol. The van der Waals surface area contributed by atoms with Crippen LogP contribution in [0, 0.1) is 0 Å². The molecule has 3 rings (SSSR count). The van der Waals surface area contributed by atoms with E-state index in [0.29, 0.717) is 36.5 Å². The predicted octanol–water partition coefficient (Wildman–Crippen LogP) is 3.26. The lowest BCUT2D eigenvalue weighted by atomic mass is 9.95. The average Bonchev–Trinajstić information content (AvgIpc) is 3.05. The molecule has 0 spiro atoms. The Bertz CT molecular complexity index is 1010. The molecule has 1 heterocycles. The zero-order valence-corrected chi connectivity index (χ0v) is 18.3. The van der Waals surface area contributed by atoms with E-state index in [2.05, 4.69) is 0 Å². The summed E-state index contributed by atoms with van der Waals surface area (Å²) in [5.74, 6) is -0.979. The van der Waals surface area contributed by atoms with E-state index in [0.717, 1.165) is 0 Å². The smallest absolute Gasteiger partial charge is 0.295 e. The molecule has 8 heteroatoms. The number of aliphatic hydroxyl groups is 1. The normalized spacial score (nSPS) is 17.6. The summed E-state index contributed by atoms with van der Waals surface area (Å²) in [6.45, 7) is 2.78. The van der Waals surface area contributed by atoms with Crippen LogP contribution in [0.2, 0.25) is 0 Å². The number of ether oxygens (including phenoxy) is 3. The number of phenols is 1. The topological polar surface area (TPSA) is 106 Å². The molecule has 0 aliphatic carbocycles. The van der Waals surface area contributed by atoms with Crippen LogP contribution in [-0.4, -0.2) is 60.8 Å². The number of aromatic hydroxyl groups is 1. The van der Waals surface area contributed by atoms with Gasteiger partial charge in [0.15, 0.2) is 11.5 Å². The number of nitrogens with zero attached hydrogens (tertiary/aromatic N) is 1. The summed E-state index contributed by atoms with van der Waals surface area (Å²) in [6.07, 6.45) is 0.513. The third kappa shape index (κ3) is 4.55. The number of likely N-dealkylation sites (tertiary alicyclic amines) is 1. The third-order valence-corrected chi connectivity index (χ3v) is 5.25. The van der Waals surface area contributed by atoms with E-state index in [1.807, 2.05) is 0 Å². The van der Waals surface area contributed by atoms with Crippen molar-refractivity contribution in [2.24, 2.45) is 0 Å². The fourth-order valence-corrected chi connectivity index (χ4v) is 3.71. The zero-order chi connectivity index (χ0) is 23.3. The van der Waals surface area contributed by atoms with Crippen LogP contribution in [0.4, 0.5) is 0 Å². The Morgan fingerprint density at radius 3 is 2.44 bits per heavy atom. The quantitative estimate of drug-likeness (QED) is 0.266. The fraction of sp³-hybridized carbons (Fsp3) is 0.333. The molecule has 2 N–H and O–H groups in total. The largest absolute Gasteiger partial charge is 0.507 e. The Morgan fingerprint density at radius 2 is 1.81 bits per heavy atom. The van der Waals surface area contributed by atoms with Crippen molar-refractivity contribution >= 4 is 17.4 Å². The van der Waals surface area contributed by atoms with Gasteiger partial charge < -0.3 is 29.3 Å². The van der Waals surface area contributed by atoms with E-state index in [-0.39, 0.29) is 29.4 Å². The Labute approximate surface area is 186 Å². The molecule has 170 valence electrons. The molecule has 0 radical (unpaired) electrons. The molecule has 0 unspecified atom stereocenters. The number of carbonyl (C=O) groups is 2. The van der Waals surface area contributed by atoms with Gasteiger partial charge in [-0.1, -0.05) is 6.07 Å². The first-order valence-electron chi connectivity index (χ1n) is 10.3. The summed E-state index contributed by atoms with van der Waals surface area (Å²) >= 11 is 0. The van der Waals surface area contributed by atoms with Crippen molar-refractivity contribution < 1.29 is 34.0 Å². The van der Waals surface area contributed by atoms with E-state index in [1.54, 1.807) is 50.4 Å². The van der Waals surface area contributed by atoms with E-state index in [9.17, 15) is 19.8 Å². The van der Waals surface area contributed by atoms with Crippen molar-refractivity contribution in [1.29, 1.82) is 0 Å². The van der Waals surface area contributed by atoms with Gasteiger partial charge in [0.2, 0.25) is 0 Å². The molecule has 1 atom stereocenters. The average molecular weight is 441 g/mol. The Kier molecular flexibility index (Phi) is 7.37. The number of hydrogen-bond donors (Lipinski definition) is 2. The van der Waals surface area contributed by atoms with Gasteiger partial charge >= 0.3 is 0 Å². The van der Waals surface area contributed by atoms with Crippen molar-refractivity contribution in [3.05, 3.63) is 59.2 Å². The lowest BCUT2D eigenvalue weighted by Gasteiger charge is -2.25. The highest BCUT2D eigenvalue weighted by atomic mass is 16.5. The molecule has 0 bridgehead atoms. The molecule has 1 amide bonds.